The second-order valence-electron chi connectivity index (χ2n) is 7.01. The van der Waals surface area contributed by atoms with Crippen molar-refractivity contribution in [2.45, 2.75) is 39.5 Å². The van der Waals surface area contributed by atoms with Gasteiger partial charge >= 0.3 is 5.97 Å². The number of hydrogen-bond donors (Lipinski definition) is 0. The van der Waals surface area contributed by atoms with Crippen molar-refractivity contribution in [3.05, 3.63) is 42.0 Å². The molecule has 0 aliphatic carbocycles. The zero-order chi connectivity index (χ0) is 22.0. The molecule has 1 atom stereocenters. The number of unbranched alkanes of at least 4 members (excludes halogenated alkanes) is 1. The third-order valence-corrected chi connectivity index (χ3v) is 4.76. The maximum Gasteiger partial charge on any atom is 0.313 e. The van der Waals surface area contributed by atoms with Gasteiger partial charge in [-0.2, -0.15) is 0 Å². The van der Waals surface area contributed by atoms with E-state index in [0.717, 1.165) is 28.5 Å². The van der Waals surface area contributed by atoms with E-state index >= 15 is 0 Å². The van der Waals surface area contributed by atoms with Gasteiger partial charge in [0.2, 0.25) is 0 Å². The first kappa shape index (κ1) is 24.1. The number of hydroxylamine groups is 3. The minimum atomic E-state index is -0.336. The molecule has 0 bridgehead atoms. The number of quaternary nitrogens is 1. The molecule has 0 aromatic heterocycles. The molecule has 30 heavy (non-hydrogen) atoms. The van der Waals surface area contributed by atoms with Gasteiger partial charge in [0.1, 0.15) is 25.6 Å². The van der Waals surface area contributed by atoms with E-state index < -0.39 is 0 Å². The lowest BCUT2D eigenvalue weighted by molar-refractivity contribution is -1.36. The minimum absolute atomic E-state index is 0.229. The number of rotatable bonds is 13. The lowest BCUT2D eigenvalue weighted by Gasteiger charge is -2.24. The highest BCUT2D eigenvalue weighted by atomic mass is 17.2. The average Bonchev–Trinajstić information content (AvgIpc) is 2.75. The fourth-order valence-electron chi connectivity index (χ4n) is 3.09. The summed E-state index contributed by atoms with van der Waals surface area (Å²) in [7, 11) is 3.35. The van der Waals surface area contributed by atoms with Crippen molar-refractivity contribution in [2.75, 3.05) is 40.6 Å². The van der Waals surface area contributed by atoms with E-state index in [9.17, 15) is 4.79 Å². The van der Waals surface area contributed by atoms with E-state index in [1.807, 2.05) is 57.2 Å². The van der Waals surface area contributed by atoms with Crippen molar-refractivity contribution >= 4 is 16.7 Å². The molecule has 0 aliphatic heterocycles. The Hall–Kier alpha value is -2.19. The highest BCUT2D eigenvalue weighted by molar-refractivity contribution is 5.86. The summed E-state index contributed by atoms with van der Waals surface area (Å²) in [4.78, 5) is 28.6. The molecule has 1 unspecified atom stereocenters. The van der Waals surface area contributed by atoms with Gasteiger partial charge in [-0.05, 0) is 62.1 Å². The van der Waals surface area contributed by atoms with Crippen molar-refractivity contribution in [3.8, 4) is 5.75 Å². The van der Waals surface area contributed by atoms with Crippen LogP contribution in [0.15, 0.2) is 36.4 Å². The highest BCUT2D eigenvalue weighted by Crippen LogP contribution is 2.25. The fourth-order valence-corrected chi connectivity index (χ4v) is 3.09. The minimum Gasteiger partial charge on any atom is -0.497 e. The summed E-state index contributed by atoms with van der Waals surface area (Å²) in [6.07, 6.45) is 1.43. The quantitative estimate of drug-likeness (QED) is 0.205. The maximum absolute atomic E-state index is 12.4. The number of esters is 1. The lowest BCUT2D eigenvalue weighted by atomic mass is 9.98. The largest absolute Gasteiger partial charge is 0.497 e. The predicted molar refractivity (Wildman–Crippen MR) is 114 cm³/mol. The molecule has 0 heterocycles. The summed E-state index contributed by atoms with van der Waals surface area (Å²) in [5.41, 5.74) is 0.933. The second-order valence-corrected chi connectivity index (χ2v) is 7.01. The van der Waals surface area contributed by atoms with Crippen LogP contribution in [0.2, 0.25) is 0 Å². The maximum atomic E-state index is 12.4. The molecular weight excluding hydrogens is 386 g/mol. The standard InChI is InChI=1S/C23H34NO6/c1-6-28-24(4,29-7-2)30-15-9-8-14-27-23(25)18(3)19-10-11-21-17-22(26-5)13-12-20(21)16-19/h10-13,16-18H,6-9,14-15H2,1-5H3/q+1. The Labute approximate surface area is 178 Å². The van der Waals surface area contributed by atoms with Crippen LogP contribution < -0.4 is 4.74 Å². The smallest absolute Gasteiger partial charge is 0.313 e. The van der Waals surface area contributed by atoms with Crippen LogP contribution in [0, 0.1) is 0 Å². The van der Waals surface area contributed by atoms with Crippen LogP contribution in [0.25, 0.3) is 10.8 Å². The van der Waals surface area contributed by atoms with E-state index in [1.165, 1.54) is 0 Å². The number of nitrogens with zero attached hydrogens (tertiary/aromatic N) is 1. The Morgan fingerprint density at radius 1 is 0.933 bits per heavy atom. The number of ether oxygens (including phenoxy) is 2. The molecule has 0 amide bonds. The molecule has 166 valence electrons. The van der Waals surface area contributed by atoms with Crippen molar-refractivity contribution in [1.29, 1.82) is 0 Å². The van der Waals surface area contributed by atoms with Crippen LogP contribution in [0.5, 0.6) is 5.75 Å². The molecule has 0 aliphatic rings. The topological polar surface area (TPSA) is 63.2 Å². The van der Waals surface area contributed by atoms with E-state index in [4.69, 9.17) is 24.0 Å². The molecule has 0 saturated heterocycles. The van der Waals surface area contributed by atoms with Crippen molar-refractivity contribution in [3.63, 3.8) is 0 Å². The van der Waals surface area contributed by atoms with Gasteiger partial charge < -0.3 is 9.47 Å². The molecule has 7 heteroatoms. The normalized spacial score (nSPS) is 12.7. The molecular formula is C23H34NO6+. The van der Waals surface area contributed by atoms with Gasteiger partial charge in [-0.3, -0.25) is 4.79 Å². The predicted octanol–water partition coefficient (Wildman–Crippen LogP) is 4.56. The lowest BCUT2D eigenvalue weighted by Crippen LogP contribution is -2.44. The summed E-state index contributed by atoms with van der Waals surface area (Å²) in [6, 6.07) is 11.9. The van der Waals surface area contributed by atoms with Crippen LogP contribution in [0.4, 0.5) is 0 Å². The third-order valence-electron chi connectivity index (χ3n) is 4.76. The number of carbonyl (C=O) groups is 1. The summed E-state index contributed by atoms with van der Waals surface area (Å²) in [5.74, 6) is 0.255. The summed E-state index contributed by atoms with van der Waals surface area (Å²) in [6.45, 7) is 7.38. The van der Waals surface area contributed by atoms with E-state index in [0.29, 0.717) is 32.8 Å². The number of fused-ring (bicyclic) bond motifs is 1. The van der Waals surface area contributed by atoms with Crippen LogP contribution in [-0.2, 0) is 24.0 Å². The highest BCUT2D eigenvalue weighted by Gasteiger charge is 2.26. The molecule has 0 N–H and O–H groups in total. The van der Waals surface area contributed by atoms with Crippen LogP contribution in [-0.4, -0.2) is 51.5 Å². The van der Waals surface area contributed by atoms with E-state index in [1.54, 1.807) is 14.2 Å². The molecule has 0 fully saturated rings. The Bertz CT molecular complexity index is 803. The van der Waals surface area contributed by atoms with Gasteiger partial charge in [0.05, 0.1) is 24.6 Å². The monoisotopic (exact) mass is 420 g/mol. The fraction of sp³-hybridized carbons (Fsp3) is 0.522. The second kappa shape index (κ2) is 11.9. The first-order valence-electron chi connectivity index (χ1n) is 10.5. The number of benzene rings is 2. The van der Waals surface area contributed by atoms with Gasteiger partial charge in [-0.25, -0.2) is 0 Å². The summed E-state index contributed by atoms with van der Waals surface area (Å²) >= 11 is 0. The zero-order valence-corrected chi connectivity index (χ0v) is 18.7. The number of methoxy groups -OCH3 is 1. The Kier molecular flexibility index (Phi) is 9.52. The summed E-state index contributed by atoms with van der Waals surface area (Å²) < 4.78 is 10.7. The van der Waals surface area contributed by atoms with Gasteiger partial charge in [-0.15, -0.1) is 14.5 Å². The molecule has 0 saturated carbocycles. The Morgan fingerprint density at radius 2 is 1.57 bits per heavy atom. The average molecular weight is 421 g/mol. The van der Waals surface area contributed by atoms with Crippen LogP contribution in [0.3, 0.4) is 0 Å². The van der Waals surface area contributed by atoms with Gasteiger partial charge in [0.15, 0.2) is 7.05 Å². The molecule has 2 aromatic rings. The van der Waals surface area contributed by atoms with Crippen molar-refractivity contribution in [1.82, 2.24) is 0 Å². The first-order valence-corrected chi connectivity index (χ1v) is 10.5. The molecule has 7 nitrogen and oxygen atoms in total. The van der Waals surface area contributed by atoms with Gasteiger partial charge in [0, 0.05) is 0 Å². The number of hydrogen-bond acceptors (Lipinski definition) is 6. The Balaban J connectivity index is 1.77. The number of carbonyl (C=O) groups excluding carboxylic acids is 1. The van der Waals surface area contributed by atoms with Crippen LogP contribution in [0.1, 0.15) is 45.1 Å². The van der Waals surface area contributed by atoms with E-state index in [-0.39, 0.29) is 16.9 Å². The van der Waals surface area contributed by atoms with Crippen molar-refractivity contribution in [2.24, 2.45) is 0 Å². The molecule has 0 spiro atoms. The molecule has 0 radical (unpaired) electrons. The van der Waals surface area contributed by atoms with E-state index in [2.05, 4.69) is 0 Å². The van der Waals surface area contributed by atoms with Crippen LogP contribution >= 0.6 is 0 Å². The third kappa shape index (κ3) is 6.95. The Morgan fingerprint density at radius 3 is 2.23 bits per heavy atom. The molecule has 2 aromatic carbocycles. The van der Waals surface area contributed by atoms with Gasteiger partial charge in [-0.1, -0.05) is 24.3 Å². The first-order chi connectivity index (χ1) is 14.4. The molecule has 2 rings (SSSR count). The zero-order valence-electron chi connectivity index (χ0n) is 18.7. The van der Waals surface area contributed by atoms with Crippen molar-refractivity contribution < 1.29 is 33.8 Å². The SMILES string of the molecule is CCO[N+](C)(OCC)OCCCCOC(=O)C(C)c1ccc2cc(OC)ccc2c1. The summed E-state index contributed by atoms with van der Waals surface area (Å²) in [5, 5.41) is 2.14. The van der Waals surface area contributed by atoms with Gasteiger partial charge in [0.25, 0.3) is 0 Å².